The van der Waals surface area contributed by atoms with Crippen LogP contribution < -0.4 is 0 Å². The Morgan fingerprint density at radius 2 is 1.95 bits per heavy atom. The number of rotatable bonds is 8. The minimum absolute atomic E-state index is 0.0646. The molecule has 0 fully saturated rings. The number of unbranched alkanes of at least 4 members (excludes halogenated alkanes) is 1. The second kappa shape index (κ2) is 8.70. The minimum Gasteiger partial charge on any atom is -0.461 e. The molecule has 0 N–H and O–H groups in total. The highest BCUT2D eigenvalue weighted by molar-refractivity contribution is 6.64. The van der Waals surface area contributed by atoms with Gasteiger partial charge in [-0.3, -0.25) is 9.59 Å². The van der Waals surface area contributed by atoms with E-state index in [4.69, 9.17) is 16.3 Å². The van der Waals surface area contributed by atoms with Gasteiger partial charge >= 0.3 is 5.97 Å². The van der Waals surface area contributed by atoms with Gasteiger partial charge in [-0.05, 0) is 23.6 Å². The van der Waals surface area contributed by atoms with E-state index < -0.39 is 11.2 Å². The fraction of sp³-hybridized carbons (Fsp3) is 0.467. The van der Waals surface area contributed by atoms with Gasteiger partial charge in [0.05, 0.1) is 6.42 Å². The van der Waals surface area contributed by atoms with E-state index in [1.54, 1.807) is 0 Å². The average Bonchev–Trinajstić information content (AvgIpc) is 2.42. The van der Waals surface area contributed by atoms with Crippen LogP contribution in [0.25, 0.3) is 0 Å². The van der Waals surface area contributed by atoms with Gasteiger partial charge in [0.15, 0.2) is 0 Å². The molecule has 0 aliphatic carbocycles. The van der Waals surface area contributed by atoms with Crippen LogP contribution in [0.15, 0.2) is 30.3 Å². The van der Waals surface area contributed by atoms with Crippen LogP contribution in [-0.4, -0.2) is 11.2 Å². The summed E-state index contributed by atoms with van der Waals surface area (Å²) in [6.45, 7) is 2.26. The SMILES string of the molecule is CCCCC(CC(=O)OCc1ccccc1)C(=O)Cl. The topological polar surface area (TPSA) is 43.4 Å². The van der Waals surface area contributed by atoms with Gasteiger partial charge in [-0.2, -0.15) is 0 Å². The van der Waals surface area contributed by atoms with E-state index in [1.165, 1.54) is 0 Å². The highest BCUT2D eigenvalue weighted by atomic mass is 35.5. The van der Waals surface area contributed by atoms with Crippen LogP contribution >= 0.6 is 11.6 Å². The number of hydrogen-bond acceptors (Lipinski definition) is 3. The zero-order valence-corrected chi connectivity index (χ0v) is 11.9. The Morgan fingerprint density at radius 3 is 2.53 bits per heavy atom. The van der Waals surface area contributed by atoms with E-state index >= 15 is 0 Å². The average molecular weight is 283 g/mol. The normalized spacial score (nSPS) is 11.9. The highest BCUT2D eigenvalue weighted by Crippen LogP contribution is 2.17. The Bertz CT molecular complexity index is 403. The molecule has 1 aromatic carbocycles. The molecule has 0 spiro atoms. The third kappa shape index (κ3) is 6.39. The van der Waals surface area contributed by atoms with E-state index in [9.17, 15) is 9.59 Å². The van der Waals surface area contributed by atoms with Gasteiger partial charge in [0.1, 0.15) is 6.61 Å². The minimum atomic E-state index is -0.454. The molecule has 0 saturated carbocycles. The largest absolute Gasteiger partial charge is 0.461 e. The van der Waals surface area contributed by atoms with Gasteiger partial charge in [0, 0.05) is 5.92 Å². The molecule has 1 rings (SSSR count). The Hall–Kier alpha value is -1.35. The van der Waals surface area contributed by atoms with Crippen molar-refractivity contribution in [1.82, 2.24) is 0 Å². The first-order chi connectivity index (χ1) is 9.13. The number of halogens is 1. The molecule has 1 unspecified atom stereocenters. The van der Waals surface area contributed by atoms with Gasteiger partial charge in [0.2, 0.25) is 5.24 Å². The molecule has 0 bridgehead atoms. The summed E-state index contributed by atoms with van der Waals surface area (Å²) in [6.07, 6.45) is 2.56. The van der Waals surface area contributed by atoms with Gasteiger partial charge in [-0.15, -0.1) is 0 Å². The molecule has 0 amide bonds. The molecule has 0 radical (unpaired) electrons. The lowest BCUT2D eigenvalue weighted by atomic mass is 10.0. The monoisotopic (exact) mass is 282 g/mol. The molecule has 3 nitrogen and oxygen atoms in total. The molecule has 0 aliphatic heterocycles. The standard InChI is InChI=1S/C15H19ClO3/c1-2-3-9-13(15(16)18)10-14(17)19-11-12-7-5-4-6-8-12/h4-8,13H,2-3,9-11H2,1H3. The lowest BCUT2D eigenvalue weighted by molar-refractivity contribution is -0.147. The van der Waals surface area contributed by atoms with E-state index in [2.05, 4.69) is 0 Å². The molecule has 19 heavy (non-hydrogen) atoms. The Labute approximate surface area is 118 Å². The van der Waals surface area contributed by atoms with Crippen LogP contribution in [0.4, 0.5) is 0 Å². The number of ether oxygens (including phenoxy) is 1. The first-order valence-corrected chi connectivity index (χ1v) is 6.90. The van der Waals surface area contributed by atoms with Gasteiger partial charge < -0.3 is 4.74 Å². The Morgan fingerprint density at radius 1 is 1.26 bits per heavy atom. The number of esters is 1. The first-order valence-electron chi connectivity index (χ1n) is 6.52. The maximum atomic E-state index is 11.7. The summed E-state index contributed by atoms with van der Waals surface area (Å²) < 4.78 is 5.14. The van der Waals surface area contributed by atoms with E-state index in [0.29, 0.717) is 6.42 Å². The van der Waals surface area contributed by atoms with E-state index in [1.807, 2.05) is 37.3 Å². The summed E-state index contributed by atoms with van der Waals surface area (Å²) in [5, 5.41) is -0.454. The van der Waals surface area contributed by atoms with Crippen LogP contribution in [0.5, 0.6) is 0 Å². The predicted octanol–water partition coefficient (Wildman–Crippen LogP) is 3.69. The van der Waals surface area contributed by atoms with Crippen molar-refractivity contribution >= 4 is 22.8 Å². The van der Waals surface area contributed by atoms with Crippen molar-refractivity contribution < 1.29 is 14.3 Å². The van der Waals surface area contributed by atoms with Crippen molar-refractivity contribution in [2.45, 2.75) is 39.2 Å². The molecule has 0 aliphatic rings. The highest BCUT2D eigenvalue weighted by Gasteiger charge is 2.20. The lowest BCUT2D eigenvalue weighted by Gasteiger charge is -2.11. The number of benzene rings is 1. The fourth-order valence-electron chi connectivity index (χ4n) is 1.74. The van der Waals surface area contributed by atoms with Crippen LogP contribution in [-0.2, 0) is 20.9 Å². The first kappa shape index (κ1) is 15.7. The van der Waals surface area contributed by atoms with Gasteiger partial charge in [-0.1, -0.05) is 50.1 Å². The summed E-state index contributed by atoms with van der Waals surface area (Å²) in [6, 6.07) is 9.44. The lowest BCUT2D eigenvalue weighted by Crippen LogP contribution is -2.16. The van der Waals surface area contributed by atoms with E-state index in [0.717, 1.165) is 18.4 Å². The predicted molar refractivity (Wildman–Crippen MR) is 74.7 cm³/mol. The maximum absolute atomic E-state index is 11.7. The summed E-state index contributed by atoms with van der Waals surface area (Å²) in [7, 11) is 0. The molecule has 1 atom stereocenters. The molecular formula is C15H19ClO3. The quantitative estimate of drug-likeness (QED) is 0.539. The van der Waals surface area contributed by atoms with Gasteiger partial charge in [-0.25, -0.2) is 0 Å². The molecule has 0 saturated heterocycles. The molecule has 104 valence electrons. The summed E-state index contributed by atoms with van der Waals surface area (Å²) in [5.74, 6) is -0.802. The third-order valence-electron chi connectivity index (χ3n) is 2.88. The zero-order chi connectivity index (χ0) is 14.1. The molecule has 0 aromatic heterocycles. The van der Waals surface area contributed by atoms with Crippen LogP contribution in [0.3, 0.4) is 0 Å². The van der Waals surface area contributed by atoms with E-state index in [-0.39, 0.29) is 19.0 Å². The van der Waals surface area contributed by atoms with Crippen molar-refractivity contribution in [2.75, 3.05) is 0 Å². The van der Waals surface area contributed by atoms with Crippen molar-refractivity contribution in [1.29, 1.82) is 0 Å². The van der Waals surface area contributed by atoms with Gasteiger partial charge in [0.25, 0.3) is 0 Å². The second-order valence-corrected chi connectivity index (χ2v) is 4.87. The molecule has 4 heteroatoms. The van der Waals surface area contributed by atoms with Crippen molar-refractivity contribution in [3.63, 3.8) is 0 Å². The summed E-state index contributed by atoms with van der Waals surface area (Å²) in [4.78, 5) is 22.9. The fourth-order valence-corrected chi connectivity index (χ4v) is 1.93. The zero-order valence-electron chi connectivity index (χ0n) is 11.1. The molecular weight excluding hydrogens is 264 g/mol. The summed E-state index contributed by atoms with van der Waals surface area (Å²) in [5.41, 5.74) is 0.929. The Kier molecular flexibility index (Phi) is 7.19. The van der Waals surface area contributed by atoms with Crippen LogP contribution in [0.1, 0.15) is 38.2 Å². The molecule has 0 heterocycles. The Balaban J connectivity index is 2.38. The number of hydrogen-bond donors (Lipinski definition) is 0. The number of carbonyl (C=O) groups excluding carboxylic acids is 2. The maximum Gasteiger partial charge on any atom is 0.306 e. The number of carbonyl (C=O) groups is 2. The van der Waals surface area contributed by atoms with Crippen LogP contribution in [0.2, 0.25) is 0 Å². The van der Waals surface area contributed by atoms with Crippen molar-refractivity contribution in [3.05, 3.63) is 35.9 Å². The second-order valence-electron chi connectivity index (χ2n) is 4.49. The third-order valence-corrected chi connectivity index (χ3v) is 3.19. The summed E-state index contributed by atoms with van der Waals surface area (Å²) >= 11 is 5.49. The van der Waals surface area contributed by atoms with Crippen molar-refractivity contribution in [2.24, 2.45) is 5.92 Å². The smallest absolute Gasteiger partial charge is 0.306 e. The van der Waals surface area contributed by atoms with Crippen LogP contribution in [0, 0.1) is 5.92 Å². The van der Waals surface area contributed by atoms with Crippen molar-refractivity contribution in [3.8, 4) is 0 Å². The molecule has 1 aromatic rings.